The van der Waals surface area contributed by atoms with E-state index in [-0.39, 0.29) is 0 Å². The second-order valence-corrected chi connectivity index (χ2v) is 7.47. The summed E-state index contributed by atoms with van der Waals surface area (Å²) in [5, 5.41) is 19.0. The highest BCUT2D eigenvalue weighted by molar-refractivity contribution is 5.70. The van der Waals surface area contributed by atoms with Crippen LogP contribution in [-0.2, 0) is 19.4 Å². The zero-order valence-electron chi connectivity index (χ0n) is 17.5. The zero-order valence-corrected chi connectivity index (χ0v) is 17.5. The Balaban J connectivity index is 1.53. The number of nitrogens with one attached hydrogen (secondary N) is 1. The molecule has 30 heavy (non-hydrogen) atoms. The van der Waals surface area contributed by atoms with Crippen molar-refractivity contribution in [2.75, 3.05) is 0 Å². The predicted octanol–water partition coefficient (Wildman–Crippen LogP) is 4.47. The van der Waals surface area contributed by atoms with Crippen LogP contribution in [0.25, 0.3) is 22.5 Å². The number of rotatable bonds is 9. The molecule has 154 valence electrons. The molecule has 0 radical (unpaired) electrons. The van der Waals surface area contributed by atoms with Gasteiger partial charge in [0.15, 0.2) is 5.82 Å². The number of nitrogens with zero attached hydrogens (tertiary/aromatic N) is 6. The number of hydrogen-bond donors (Lipinski definition) is 1. The molecule has 0 saturated heterocycles. The molecular weight excluding hydrogens is 374 g/mol. The van der Waals surface area contributed by atoms with Crippen LogP contribution in [0.1, 0.15) is 50.3 Å². The van der Waals surface area contributed by atoms with E-state index in [1.165, 1.54) is 5.56 Å². The quantitative estimate of drug-likeness (QED) is 0.447. The van der Waals surface area contributed by atoms with Gasteiger partial charge in [-0.15, -0.1) is 10.2 Å². The second kappa shape index (κ2) is 9.43. The molecular formula is C23H27N7. The van der Waals surface area contributed by atoms with Gasteiger partial charge in [-0.05, 0) is 40.8 Å². The molecule has 7 nitrogen and oxygen atoms in total. The fourth-order valence-corrected chi connectivity index (χ4v) is 3.50. The van der Waals surface area contributed by atoms with Gasteiger partial charge in [-0.3, -0.25) is 0 Å². The number of H-pyrrole nitrogens is 1. The van der Waals surface area contributed by atoms with E-state index < -0.39 is 0 Å². The van der Waals surface area contributed by atoms with Gasteiger partial charge >= 0.3 is 0 Å². The Hall–Kier alpha value is -3.35. The minimum absolute atomic E-state index is 0.599. The Morgan fingerprint density at radius 1 is 0.900 bits per heavy atom. The lowest BCUT2D eigenvalue weighted by Crippen LogP contribution is -2.07. The molecule has 0 aliphatic rings. The van der Waals surface area contributed by atoms with Crippen LogP contribution >= 0.6 is 0 Å². The predicted molar refractivity (Wildman–Crippen MR) is 117 cm³/mol. The van der Waals surface area contributed by atoms with E-state index in [4.69, 9.17) is 10.1 Å². The summed E-state index contributed by atoms with van der Waals surface area (Å²) in [5.74, 6) is 2.65. The third-order valence-corrected chi connectivity index (χ3v) is 5.11. The number of unbranched alkanes of at least 4 members (excludes halogenated alkanes) is 1. The Morgan fingerprint density at radius 3 is 2.47 bits per heavy atom. The third kappa shape index (κ3) is 4.62. The van der Waals surface area contributed by atoms with Crippen LogP contribution in [0.2, 0.25) is 0 Å². The lowest BCUT2D eigenvalue weighted by atomic mass is 10.0. The number of aromatic amines is 1. The molecule has 2 heterocycles. The van der Waals surface area contributed by atoms with Gasteiger partial charge < -0.3 is 0 Å². The van der Waals surface area contributed by atoms with Crippen molar-refractivity contribution in [1.82, 2.24) is 35.4 Å². The average molecular weight is 402 g/mol. The summed E-state index contributed by atoms with van der Waals surface area (Å²) in [6.07, 6.45) is 5.28. The summed E-state index contributed by atoms with van der Waals surface area (Å²) in [5.41, 5.74) is 4.44. The fourth-order valence-electron chi connectivity index (χ4n) is 3.50. The number of aryl methyl sites for hydroxylation is 2. The van der Waals surface area contributed by atoms with Crippen molar-refractivity contribution in [2.24, 2.45) is 0 Å². The molecule has 4 aromatic rings. The Labute approximate surface area is 176 Å². The molecule has 0 aliphatic heterocycles. The molecule has 7 heteroatoms. The lowest BCUT2D eigenvalue weighted by Gasteiger charge is -2.08. The molecule has 0 atom stereocenters. The van der Waals surface area contributed by atoms with Crippen molar-refractivity contribution in [2.45, 2.75) is 52.5 Å². The molecule has 0 amide bonds. The summed E-state index contributed by atoms with van der Waals surface area (Å²) >= 11 is 0. The van der Waals surface area contributed by atoms with Crippen molar-refractivity contribution in [3.05, 3.63) is 65.7 Å². The van der Waals surface area contributed by atoms with E-state index in [2.05, 4.69) is 75.6 Å². The van der Waals surface area contributed by atoms with Crippen molar-refractivity contribution in [3.8, 4) is 22.5 Å². The number of benzene rings is 2. The fraction of sp³-hybridized carbons (Fsp3) is 0.348. The first kappa shape index (κ1) is 19.9. The highest BCUT2D eigenvalue weighted by Crippen LogP contribution is 2.24. The van der Waals surface area contributed by atoms with E-state index in [0.29, 0.717) is 5.82 Å². The Morgan fingerprint density at radius 2 is 1.73 bits per heavy atom. The first-order valence-electron chi connectivity index (χ1n) is 10.6. The van der Waals surface area contributed by atoms with E-state index in [9.17, 15) is 0 Å². The van der Waals surface area contributed by atoms with Crippen LogP contribution in [-0.4, -0.2) is 35.4 Å². The Kier molecular flexibility index (Phi) is 6.27. The zero-order chi connectivity index (χ0) is 20.8. The smallest absolute Gasteiger partial charge is 0.204 e. The van der Waals surface area contributed by atoms with Crippen LogP contribution in [0.3, 0.4) is 0 Å². The molecule has 1 N–H and O–H groups in total. The maximum absolute atomic E-state index is 4.77. The van der Waals surface area contributed by atoms with Gasteiger partial charge in [0.05, 0.1) is 6.54 Å². The largest absolute Gasteiger partial charge is 0.245 e. The van der Waals surface area contributed by atoms with Crippen LogP contribution < -0.4 is 0 Å². The average Bonchev–Trinajstić information content (AvgIpc) is 3.44. The molecule has 2 aromatic heterocycles. The highest BCUT2D eigenvalue weighted by Gasteiger charge is 2.10. The van der Waals surface area contributed by atoms with E-state index in [1.54, 1.807) is 0 Å². The summed E-state index contributed by atoms with van der Waals surface area (Å²) in [4.78, 5) is 4.77. The van der Waals surface area contributed by atoms with Crippen molar-refractivity contribution in [3.63, 3.8) is 0 Å². The molecule has 0 unspecified atom stereocenters. The SMILES string of the molecule is CCCCc1nc(CCC)nn1Cc1ccc(-c2cccc(-c3nn[nH]n3)c2)cc1. The van der Waals surface area contributed by atoms with Gasteiger partial charge in [-0.1, -0.05) is 62.7 Å². The van der Waals surface area contributed by atoms with Crippen LogP contribution in [0.4, 0.5) is 0 Å². The summed E-state index contributed by atoms with van der Waals surface area (Å²) < 4.78 is 2.08. The van der Waals surface area contributed by atoms with Gasteiger partial charge in [0.2, 0.25) is 5.82 Å². The minimum atomic E-state index is 0.599. The molecule has 4 rings (SSSR count). The maximum atomic E-state index is 4.77. The van der Waals surface area contributed by atoms with Gasteiger partial charge in [0.1, 0.15) is 5.82 Å². The van der Waals surface area contributed by atoms with Gasteiger partial charge in [-0.2, -0.15) is 10.3 Å². The molecule has 0 spiro atoms. The highest BCUT2D eigenvalue weighted by atomic mass is 15.5. The second-order valence-electron chi connectivity index (χ2n) is 7.47. The van der Waals surface area contributed by atoms with Crippen LogP contribution in [0, 0.1) is 0 Å². The first-order valence-corrected chi connectivity index (χ1v) is 10.6. The third-order valence-electron chi connectivity index (χ3n) is 5.11. The number of hydrogen-bond acceptors (Lipinski definition) is 5. The molecule has 0 bridgehead atoms. The minimum Gasteiger partial charge on any atom is -0.245 e. The molecule has 2 aromatic carbocycles. The summed E-state index contributed by atoms with van der Waals surface area (Å²) in [7, 11) is 0. The monoisotopic (exact) mass is 401 g/mol. The van der Waals surface area contributed by atoms with Gasteiger partial charge in [0, 0.05) is 18.4 Å². The topological polar surface area (TPSA) is 85.2 Å². The maximum Gasteiger partial charge on any atom is 0.204 e. The molecule has 0 aliphatic carbocycles. The van der Waals surface area contributed by atoms with Crippen molar-refractivity contribution >= 4 is 0 Å². The number of tetrazole rings is 1. The standard InChI is InChI=1S/C23H27N7/c1-3-5-10-22-24-21(7-4-2)27-30(22)16-17-11-13-18(14-12-17)19-8-6-9-20(15-19)23-25-28-29-26-23/h6,8-9,11-15H,3-5,7,10,16H2,1-2H3,(H,25,26,28,29). The van der Waals surface area contributed by atoms with Crippen molar-refractivity contribution in [1.29, 1.82) is 0 Å². The normalized spacial score (nSPS) is 11.1. The van der Waals surface area contributed by atoms with E-state index in [1.807, 2.05) is 12.1 Å². The van der Waals surface area contributed by atoms with Crippen LogP contribution in [0.5, 0.6) is 0 Å². The van der Waals surface area contributed by atoms with Gasteiger partial charge in [-0.25, -0.2) is 9.67 Å². The lowest BCUT2D eigenvalue weighted by molar-refractivity contribution is 0.613. The van der Waals surface area contributed by atoms with Gasteiger partial charge in [0.25, 0.3) is 0 Å². The Bertz CT molecular complexity index is 1070. The van der Waals surface area contributed by atoms with E-state index >= 15 is 0 Å². The summed E-state index contributed by atoms with van der Waals surface area (Å²) in [6, 6.07) is 16.8. The summed E-state index contributed by atoms with van der Waals surface area (Å²) in [6.45, 7) is 5.12. The number of aromatic nitrogens is 7. The molecule has 0 fully saturated rings. The van der Waals surface area contributed by atoms with Crippen molar-refractivity contribution < 1.29 is 0 Å². The first-order chi connectivity index (χ1) is 14.8. The van der Waals surface area contributed by atoms with Crippen LogP contribution in [0.15, 0.2) is 48.5 Å². The molecule has 0 saturated carbocycles. The van der Waals surface area contributed by atoms with E-state index in [0.717, 1.165) is 67.0 Å².